The van der Waals surface area contributed by atoms with E-state index in [1.165, 1.54) is 7.11 Å². The van der Waals surface area contributed by atoms with Crippen LogP contribution in [0.1, 0.15) is 16.1 Å². The van der Waals surface area contributed by atoms with Gasteiger partial charge in [-0.15, -0.1) is 0 Å². The van der Waals surface area contributed by atoms with Gasteiger partial charge in [0.25, 0.3) is 0 Å². The quantitative estimate of drug-likeness (QED) is 0.584. The number of nitrogens with zero attached hydrogens (tertiary/aromatic N) is 2. The molecule has 2 aromatic rings. The lowest BCUT2D eigenvalue weighted by Gasteiger charge is -1.97. The molecule has 82 valence electrons. The molecule has 1 aromatic heterocycles. The van der Waals surface area contributed by atoms with Crippen molar-refractivity contribution in [1.82, 2.24) is 10.2 Å². The number of hydrogen-bond donors (Lipinski definition) is 1. The van der Waals surface area contributed by atoms with Crippen LogP contribution in [0.4, 0.5) is 0 Å². The van der Waals surface area contributed by atoms with Crippen LogP contribution in [0.25, 0.3) is 10.9 Å². The predicted octanol–water partition coefficient (Wildman–Crippen LogP) is 1.22. The lowest BCUT2D eigenvalue weighted by Crippen LogP contribution is -2.00. The van der Waals surface area contributed by atoms with Crippen molar-refractivity contribution < 1.29 is 9.53 Å². The molecular formula is C12H7N3O2. The number of esters is 1. The Bertz CT molecular complexity index is 683. The van der Waals surface area contributed by atoms with E-state index >= 15 is 0 Å². The number of H-pyrrole nitrogens is 1. The first-order valence-corrected chi connectivity index (χ1v) is 4.73. The highest BCUT2D eigenvalue weighted by Gasteiger charge is 2.09. The number of ether oxygens (including phenoxy) is 1. The van der Waals surface area contributed by atoms with Gasteiger partial charge in [0.2, 0.25) is 0 Å². The van der Waals surface area contributed by atoms with Gasteiger partial charge in [-0.3, -0.25) is 5.10 Å². The number of carbonyl (C=O) groups is 1. The predicted molar refractivity (Wildman–Crippen MR) is 59.9 cm³/mol. The minimum absolute atomic E-state index is 0.417. The fraction of sp³-hybridized carbons (Fsp3) is 0.0833. The van der Waals surface area contributed by atoms with Crippen molar-refractivity contribution in [2.24, 2.45) is 0 Å². The lowest BCUT2D eigenvalue weighted by molar-refractivity contribution is 0.0601. The van der Waals surface area contributed by atoms with Gasteiger partial charge in [-0.2, -0.15) is 10.4 Å². The molecule has 0 bridgehead atoms. The molecule has 0 aliphatic rings. The standard InChI is InChI=1S/C12H7N3O2/c1-17-12(16)8-4-5-9-10(3-2-6-13)14-15-11(9)7-8/h4-5,7H,1H3,(H,14,15). The number of nitriles is 1. The van der Waals surface area contributed by atoms with Crippen LogP contribution in [0.5, 0.6) is 0 Å². The Morgan fingerprint density at radius 3 is 3.06 bits per heavy atom. The average molecular weight is 225 g/mol. The molecule has 2 rings (SSSR count). The summed E-state index contributed by atoms with van der Waals surface area (Å²) in [6.45, 7) is 0. The molecule has 1 N–H and O–H groups in total. The zero-order valence-corrected chi connectivity index (χ0v) is 8.94. The van der Waals surface area contributed by atoms with Gasteiger partial charge in [0, 0.05) is 11.3 Å². The molecule has 0 radical (unpaired) electrons. The molecule has 17 heavy (non-hydrogen) atoms. The van der Waals surface area contributed by atoms with Crippen LogP contribution in [-0.4, -0.2) is 23.3 Å². The molecule has 0 unspecified atom stereocenters. The Hall–Kier alpha value is -2.79. The molecule has 0 saturated heterocycles. The zero-order valence-electron chi connectivity index (χ0n) is 8.94. The Kier molecular flexibility index (Phi) is 2.76. The number of benzene rings is 1. The highest BCUT2D eigenvalue weighted by Crippen LogP contribution is 2.17. The van der Waals surface area contributed by atoms with Gasteiger partial charge in [0.05, 0.1) is 18.2 Å². The Morgan fingerprint density at radius 1 is 1.53 bits per heavy atom. The molecule has 1 heterocycles. The second-order valence-electron chi connectivity index (χ2n) is 3.18. The van der Waals surface area contributed by atoms with Gasteiger partial charge >= 0.3 is 5.97 Å². The van der Waals surface area contributed by atoms with Crippen LogP contribution < -0.4 is 0 Å². The van der Waals surface area contributed by atoms with Crippen molar-refractivity contribution in [1.29, 1.82) is 5.26 Å². The summed E-state index contributed by atoms with van der Waals surface area (Å²) in [4.78, 5) is 11.3. The number of carbonyl (C=O) groups excluding carboxylic acids is 1. The summed E-state index contributed by atoms with van der Waals surface area (Å²) in [5.41, 5.74) is 1.58. The highest BCUT2D eigenvalue weighted by atomic mass is 16.5. The summed E-state index contributed by atoms with van der Waals surface area (Å²) in [5.74, 6) is 4.50. The van der Waals surface area contributed by atoms with E-state index in [4.69, 9.17) is 5.26 Å². The fourth-order valence-corrected chi connectivity index (χ4v) is 1.44. The number of methoxy groups -OCH3 is 1. The minimum Gasteiger partial charge on any atom is -0.465 e. The SMILES string of the molecule is COC(=O)c1ccc2c(C#CC#N)[nH]nc2c1. The number of hydrogen-bond acceptors (Lipinski definition) is 4. The van der Waals surface area contributed by atoms with E-state index in [2.05, 4.69) is 26.8 Å². The molecule has 0 aliphatic carbocycles. The monoisotopic (exact) mass is 225 g/mol. The van der Waals surface area contributed by atoms with Crippen molar-refractivity contribution in [3.8, 4) is 17.9 Å². The summed E-state index contributed by atoms with van der Waals surface area (Å²) in [6.07, 6.45) is 0. The first kappa shape index (κ1) is 10.7. The number of rotatable bonds is 1. The van der Waals surface area contributed by atoms with Crippen LogP contribution in [0, 0.1) is 23.2 Å². The zero-order chi connectivity index (χ0) is 12.3. The molecule has 0 aliphatic heterocycles. The summed E-state index contributed by atoms with van der Waals surface area (Å²) in [5, 5.41) is 15.8. The molecule has 1 aromatic carbocycles. The van der Waals surface area contributed by atoms with Crippen LogP contribution in [0.15, 0.2) is 18.2 Å². The van der Waals surface area contributed by atoms with Crippen molar-refractivity contribution in [2.45, 2.75) is 0 Å². The van der Waals surface area contributed by atoms with E-state index in [0.717, 1.165) is 5.39 Å². The van der Waals surface area contributed by atoms with Crippen molar-refractivity contribution in [2.75, 3.05) is 7.11 Å². The summed E-state index contributed by atoms with van der Waals surface area (Å²) >= 11 is 0. The summed E-state index contributed by atoms with van der Waals surface area (Å²) in [6, 6.07) is 6.67. The third kappa shape index (κ3) is 1.95. The van der Waals surface area contributed by atoms with Gasteiger partial charge in [0.1, 0.15) is 5.69 Å². The van der Waals surface area contributed by atoms with Crippen molar-refractivity contribution >= 4 is 16.9 Å². The summed E-state index contributed by atoms with van der Waals surface area (Å²) < 4.78 is 4.61. The second kappa shape index (κ2) is 4.38. The van der Waals surface area contributed by atoms with E-state index in [9.17, 15) is 4.79 Å². The van der Waals surface area contributed by atoms with E-state index in [1.54, 1.807) is 24.3 Å². The number of nitrogens with one attached hydrogen (secondary N) is 1. The maximum absolute atomic E-state index is 11.3. The van der Waals surface area contributed by atoms with Crippen molar-refractivity contribution in [3.63, 3.8) is 0 Å². The van der Waals surface area contributed by atoms with Gasteiger partial charge < -0.3 is 4.74 Å². The third-order valence-electron chi connectivity index (χ3n) is 2.22. The molecule has 0 amide bonds. The van der Waals surface area contributed by atoms with E-state index in [1.807, 2.05) is 0 Å². The van der Waals surface area contributed by atoms with Gasteiger partial charge in [-0.25, -0.2) is 4.79 Å². The number of fused-ring (bicyclic) bond motifs is 1. The van der Waals surface area contributed by atoms with E-state index in [0.29, 0.717) is 16.8 Å². The molecule has 0 spiro atoms. The molecule has 5 heteroatoms. The maximum atomic E-state index is 11.3. The first-order valence-electron chi connectivity index (χ1n) is 4.73. The van der Waals surface area contributed by atoms with Gasteiger partial charge in [-0.1, -0.05) is 0 Å². The van der Waals surface area contributed by atoms with Crippen LogP contribution in [0.2, 0.25) is 0 Å². The van der Waals surface area contributed by atoms with Crippen LogP contribution in [0.3, 0.4) is 0 Å². The molecule has 0 fully saturated rings. The van der Waals surface area contributed by atoms with Gasteiger partial charge in [0.15, 0.2) is 6.07 Å². The van der Waals surface area contributed by atoms with Crippen LogP contribution in [-0.2, 0) is 4.74 Å². The molecule has 0 saturated carbocycles. The largest absolute Gasteiger partial charge is 0.465 e. The Balaban J connectivity index is 2.53. The third-order valence-corrected chi connectivity index (χ3v) is 2.22. The number of aromatic nitrogens is 2. The molecule has 0 atom stereocenters. The molecular weight excluding hydrogens is 218 g/mol. The lowest BCUT2D eigenvalue weighted by atomic mass is 10.1. The van der Waals surface area contributed by atoms with E-state index < -0.39 is 5.97 Å². The smallest absolute Gasteiger partial charge is 0.337 e. The normalized spacial score (nSPS) is 9.18. The molecule has 5 nitrogen and oxygen atoms in total. The van der Waals surface area contributed by atoms with Gasteiger partial charge in [-0.05, 0) is 24.1 Å². The number of aromatic amines is 1. The first-order chi connectivity index (χ1) is 8.26. The summed E-state index contributed by atoms with van der Waals surface area (Å²) in [7, 11) is 1.32. The van der Waals surface area contributed by atoms with Crippen molar-refractivity contribution in [3.05, 3.63) is 29.5 Å². The Labute approximate surface area is 97.0 Å². The average Bonchev–Trinajstić information content (AvgIpc) is 2.77. The Morgan fingerprint density at radius 2 is 2.35 bits per heavy atom. The topological polar surface area (TPSA) is 78.8 Å². The van der Waals surface area contributed by atoms with E-state index in [-0.39, 0.29) is 0 Å². The minimum atomic E-state index is -0.417. The second-order valence-corrected chi connectivity index (χ2v) is 3.18. The highest BCUT2D eigenvalue weighted by molar-refractivity contribution is 5.95. The van der Waals surface area contributed by atoms with Crippen LogP contribution >= 0.6 is 0 Å². The maximum Gasteiger partial charge on any atom is 0.337 e. The fourth-order valence-electron chi connectivity index (χ4n) is 1.44.